The van der Waals surface area contributed by atoms with Gasteiger partial charge in [-0.3, -0.25) is 14.7 Å². The number of nitrogens with one attached hydrogen (secondary N) is 1. The van der Waals surface area contributed by atoms with Crippen LogP contribution in [0.25, 0.3) is 0 Å². The number of ether oxygens (including phenoxy) is 1. The number of amides is 1. The van der Waals surface area contributed by atoms with Gasteiger partial charge in [-0.25, -0.2) is 0 Å². The van der Waals surface area contributed by atoms with E-state index < -0.39 is 0 Å². The van der Waals surface area contributed by atoms with E-state index in [1.165, 1.54) is 5.56 Å². The first-order valence-corrected chi connectivity index (χ1v) is 9.40. The Morgan fingerprint density at radius 2 is 1.92 bits per heavy atom. The number of hydrogen-bond acceptors (Lipinski definition) is 4. The summed E-state index contributed by atoms with van der Waals surface area (Å²) in [7, 11) is 0. The van der Waals surface area contributed by atoms with E-state index in [0.29, 0.717) is 6.61 Å². The third kappa shape index (κ3) is 4.05. The zero-order chi connectivity index (χ0) is 17.8. The summed E-state index contributed by atoms with van der Waals surface area (Å²) in [6.45, 7) is 3.45. The lowest BCUT2D eigenvalue weighted by Gasteiger charge is -2.33. The summed E-state index contributed by atoms with van der Waals surface area (Å²) in [5.41, 5.74) is 2.42. The Kier molecular flexibility index (Phi) is 5.16. The van der Waals surface area contributed by atoms with Crippen LogP contribution in [0.5, 0.6) is 5.75 Å². The molecular weight excluding hydrogens is 326 g/mol. The van der Waals surface area contributed by atoms with Crippen LogP contribution in [0.2, 0.25) is 0 Å². The predicted molar refractivity (Wildman–Crippen MR) is 99.8 cm³/mol. The third-order valence-corrected chi connectivity index (χ3v) is 5.34. The topological polar surface area (TPSA) is 54.5 Å². The maximum absolute atomic E-state index is 12.6. The summed E-state index contributed by atoms with van der Waals surface area (Å²) in [5, 5.41) is 3.25. The molecule has 4 rings (SSSR count). The lowest BCUT2D eigenvalue weighted by atomic mass is 9.95. The normalized spacial score (nSPS) is 20.8. The number of fused-ring (bicyclic) bond motifs is 1. The minimum atomic E-state index is -0.0836. The van der Waals surface area contributed by atoms with Gasteiger partial charge in [-0.05, 0) is 48.6 Å². The maximum atomic E-state index is 12.6. The molecule has 136 valence electrons. The van der Waals surface area contributed by atoms with Crippen molar-refractivity contribution in [3.05, 3.63) is 59.9 Å². The van der Waals surface area contributed by atoms with Gasteiger partial charge in [0.25, 0.3) is 0 Å². The minimum Gasteiger partial charge on any atom is -0.492 e. The minimum absolute atomic E-state index is 0.0836. The third-order valence-electron chi connectivity index (χ3n) is 5.34. The standard InChI is InChI=1S/C21H25N3O2/c25-21(18-13-17-3-1-2-4-20(17)26-15-18)23-19-7-11-24(12-8-19)14-16-5-9-22-10-6-16/h1-6,9-10,18-19H,7-8,11-15H2,(H,23,25)/t18-/m0/s1. The summed E-state index contributed by atoms with van der Waals surface area (Å²) < 4.78 is 5.76. The number of hydrogen-bond donors (Lipinski definition) is 1. The van der Waals surface area contributed by atoms with Gasteiger partial charge in [0.2, 0.25) is 5.91 Å². The molecule has 5 heteroatoms. The fourth-order valence-corrected chi connectivity index (χ4v) is 3.80. The van der Waals surface area contributed by atoms with Gasteiger partial charge >= 0.3 is 0 Å². The van der Waals surface area contributed by atoms with Crippen molar-refractivity contribution in [3.63, 3.8) is 0 Å². The predicted octanol–water partition coefficient (Wildman–Crippen LogP) is 2.41. The molecule has 0 aliphatic carbocycles. The van der Waals surface area contributed by atoms with E-state index in [1.807, 2.05) is 36.7 Å². The van der Waals surface area contributed by atoms with Crippen LogP contribution in [-0.4, -0.2) is 41.5 Å². The molecule has 1 N–H and O–H groups in total. The van der Waals surface area contributed by atoms with E-state index in [9.17, 15) is 4.79 Å². The molecule has 1 saturated heterocycles. The summed E-state index contributed by atoms with van der Waals surface area (Å²) in [6, 6.07) is 12.4. The average Bonchev–Trinajstić information content (AvgIpc) is 2.70. The van der Waals surface area contributed by atoms with E-state index in [1.54, 1.807) is 0 Å². The summed E-state index contributed by atoms with van der Waals surface area (Å²) >= 11 is 0. The zero-order valence-corrected chi connectivity index (χ0v) is 14.9. The van der Waals surface area contributed by atoms with Gasteiger partial charge in [-0.1, -0.05) is 18.2 Å². The van der Waals surface area contributed by atoms with Gasteiger partial charge in [0.1, 0.15) is 12.4 Å². The average molecular weight is 351 g/mol. The largest absolute Gasteiger partial charge is 0.492 e. The Bertz CT molecular complexity index is 742. The molecule has 1 fully saturated rings. The van der Waals surface area contributed by atoms with Crippen LogP contribution < -0.4 is 10.1 Å². The number of para-hydroxylation sites is 1. The first-order valence-electron chi connectivity index (χ1n) is 9.40. The molecule has 1 aromatic heterocycles. The SMILES string of the molecule is O=C(NC1CCN(Cc2ccncc2)CC1)[C@@H]1COc2ccccc2C1. The number of piperidine rings is 1. The van der Waals surface area contributed by atoms with Gasteiger partial charge < -0.3 is 10.1 Å². The molecule has 26 heavy (non-hydrogen) atoms. The second-order valence-corrected chi connectivity index (χ2v) is 7.23. The van der Waals surface area contributed by atoms with Crippen molar-refractivity contribution in [2.24, 2.45) is 5.92 Å². The molecule has 3 heterocycles. The lowest BCUT2D eigenvalue weighted by molar-refractivity contribution is -0.127. The van der Waals surface area contributed by atoms with E-state index in [2.05, 4.69) is 27.3 Å². The number of nitrogens with zero attached hydrogens (tertiary/aromatic N) is 2. The Morgan fingerprint density at radius 3 is 2.73 bits per heavy atom. The molecule has 2 aliphatic rings. The monoisotopic (exact) mass is 351 g/mol. The first kappa shape index (κ1) is 17.0. The molecule has 2 aliphatic heterocycles. The quantitative estimate of drug-likeness (QED) is 0.919. The van der Waals surface area contributed by atoms with Crippen LogP contribution in [0.4, 0.5) is 0 Å². The number of aromatic nitrogens is 1. The number of pyridine rings is 1. The Balaban J connectivity index is 1.25. The molecule has 5 nitrogen and oxygen atoms in total. The van der Waals surface area contributed by atoms with Crippen molar-refractivity contribution in [2.75, 3.05) is 19.7 Å². The molecule has 0 bridgehead atoms. The van der Waals surface area contributed by atoms with Crippen LogP contribution in [-0.2, 0) is 17.8 Å². The molecule has 0 radical (unpaired) electrons. The van der Waals surface area contributed by atoms with Gasteiger partial charge in [0.15, 0.2) is 0 Å². The van der Waals surface area contributed by atoms with Crippen LogP contribution in [0, 0.1) is 5.92 Å². The molecule has 1 amide bonds. The highest BCUT2D eigenvalue weighted by Gasteiger charge is 2.28. The van der Waals surface area contributed by atoms with Crippen molar-refractivity contribution in [1.82, 2.24) is 15.2 Å². The molecule has 0 unspecified atom stereocenters. The second-order valence-electron chi connectivity index (χ2n) is 7.23. The smallest absolute Gasteiger partial charge is 0.227 e. The van der Waals surface area contributed by atoms with E-state index in [4.69, 9.17) is 4.74 Å². The molecular formula is C21H25N3O2. The summed E-state index contributed by atoms with van der Waals surface area (Å²) in [5.74, 6) is 0.966. The van der Waals surface area contributed by atoms with Crippen molar-refractivity contribution in [2.45, 2.75) is 31.8 Å². The van der Waals surface area contributed by atoms with Crippen LogP contribution >= 0.6 is 0 Å². The van der Waals surface area contributed by atoms with E-state index in [-0.39, 0.29) is 17.9 Å². The molecule has 1 atom stereocenters. The van der Waals surface area contributed by atoms with Gasteiger partial charge in [-0.2, -0.15) is 0 Å². The summed E-state index contributed by atoms with van der Waals surface area (Å²) in [4.78, 5) is 19.1. The number of likely N-dealkylation sites (tertiary alicyclic amines) is 1. The Labute approximate surface area is 154 Å². The van der Waals surface area contributed by atoms with Crippen LogP contribution in [0.3, 0.4) is 0 Å². The lowest BCUT2D eigenvalue weighted by Crippen LogP contribution is -2.47. The van der Waals surface area contributed by atoms with Gasteiger partial charge in [0.05, 0.1) is 5.92 Å². The first-order chi connectivity index (χ1) is 12.8. The molecule has 2 aromatic rings. The number of rotatable bonds is 4. The molecule has 0 spiro atoms. The summed E-state index contributed by atoms with van der Waals surface area (Å²) in [6.07, 6.45) is 6.45. The zero-order valence-electron chi connectivity index (χ0n) is 14.9. The van der Waals surface area contributed by atoms with Crippen molar-refractivity contribution in [3.8, 4) is 5.75 Å². The highest BCUT2D eigenvalue weighted by Crippen LogP contribution is 2.27. The van der Waals surface area contributed by atoms with Gasteiger partial charge in [0, 0.05) is 38.1 Å². The fourth-order valence-electron chi connectivity index (χ4n) is 3.80. The highest BCUT2D eigenvalue weighted by molar-refractivity contribution is 5.80. The fraction of sp³-hybridized carbons (Fsp3) is 0.429. The van der Waals surface area contributed by atoms with Crippen LogP contribution in [0.15, 0.2) is 48.8 Å². The molecule has 1 aromatic carbocycles. The number of benzene rings is 1. The van der Waals surface area contributed by atoms with Crippen molar-refractivity contribution in [1.29, 1.82) is 0 Å². The maximum Gasteiger partial charge on any atom is 0.227 e. The Morgan fingerprint density at radius 1 is 1.15 bits per heavy atom. The second kappa shape index (κ2) is 7.87. The van der Waals surface area contributed by atoms with Crippen LogP contribution in [0.1, 0.15) is 24.0 Å². The number of carbonyl (C=O) groups excluding carboxylic acids is 1. The van der Waals surface area contributed by atoms with E-state index >= 15 is 0 Å². The highest BCUT2D eigenvalue weighted by atomic mass is 16.5. The number of carbonyl (C=O) groups is 1. The van der Waals surface area contributed by atoms with Crippen molar-refractivity contribution < 1.29 is 9.53 Å². The Hall–Kier alpha value is -2.40. The van der Waals surface area contributed by atoms with E-state index in [0.717, 1.165) is 50.2 Å². The molecule has 0 saturated carbocycles. The van der Waals surface area contributed by atoms with Crippen molar-refractivity contribution >= 4 is 5.91 Å². The van der Waals surface area contributed by atoms with Gasteiger partial charge in [-0.15, -0.1) is 0 Å².